The minimum atomic E-state index is -2.83. The summed E-state index contributed by atoms with van der Waals surface area (Å²) in [6.45, 7) is 3.23. The molecule has 2 fully saturated rings. The molecule has 0 aromatic carbocycles. The SMILES string of the molecule is CC(=O)Nc1cc(OC2=C(C)N=C(NC(=O)N3CCC4(CC(F)(F)C4)C3=O)CC2)ccn1. The number of aliphatic imine (C=N–C) groups is 1. The van der Waals surface area contributed by atoms with E-state index in [4.69, 9.17) is 4.74 Å². The van der Waals surface area contributed by atoms with Gasteiger partial charge < -0.3 is 10.1 Å². The zero-order valence-electron chi connectivity index (χ0n) is 17.7. The largest absolute Gasteiger partial charge is 0.460 e. The van der Waals surface area contributed by atoms with Gasteiger partial charge in [0, 0.05) is 51.4 Å². The first-order valence-corrected chi connectivity index (χ1v) is 10.3. The molecule has 1 saturated heterocycles. The minimum absolute atomic E-state index is 0.121. The lowest BCUT2D eigenvalue weighted by atomic mass is 9.65. The van der Waals surface area contributed by atoms with Gasteiger partial charge in [0.1, 0.15) is 23.2 Å². The average molecular weight is 447 g/mol. The standard InChI is InChI=1S/C21H23F2N5O4/c1-12-15(32-14-5-7-24-17(9-14)26-13(2)29)3-4-16(25-12)27-19(31)28-8-6-20(18(28)30)10-21(22,23)11-20/h5,7,9H,3-4,6,8,10-11H2,1-2H3,(H,24,26,29)(H,25,27,31). The average Bonchev–Trinajstić information content (AvgIpc) is 2.99. The highest BCUT2D eigenvalue weighted by molar-refractivity contribution is 6.06. The van der Waals surface area contributed by atoms with Crippen LogP contribution in [-0.2, 0) is 9.59 Å². The van der Waals surface area contributed by atoms with E-state index in [-0.39, 0.29) is 18.9 Å². The number of pyridine rings is 1. The molecule has 1 aromatic rings. The molecule has 11 heteroatoms. The van der Waals surface area contributed by atoms with Crippen molar-refractivity contribution >= 4 is 29.5 Å². The van der Waals surface area contributed by atoms with Gasteiger partial charge >= 0.3 is 6.03 Å². The minimum Gasteiger partial charge on any atom is -0.460 e. The lowest BCUT2D eigenvalue weighted by molar-refractivity contribution is -0.176. The van der Waals surface area contributed by atoms with Crippen LogP contribution in [0.1, 0.15) is 46.0 Å². The van der Waals surface area contributed by atoms with Crippen LogP contribution in [0.15, 0.2) is 34.8 Å². The second kappa shape index (κ2) is 7.95. The lowest BCUT2D eigenvalue weighted by Gasteiger charge is -2.42. The highest BCUT2D eigenvalue weighted by Gasteiger charge is 2.64. The van der Waals surface area contributed by atoms with Crippen LogP contribution in [0.2, 0.25) is 0 Å². The number of anilines is 1. The highest BCUT2D eigenvalue weighted by atomic mass is 19.3. The maximum absolute atomic E-state index is 13.3. The molecule has 2 aliphatic heterocycles. The molecule has 1 spiro atoms. The number of imide groups is 1. The molecule has 2 N–H and O–H groups in total. The number of hydrogen-bond donors (Lipinski definition) is 2. The number of nitrogens with zero attached hydrogens (tertiary/aromatic N) is 3. The van der Waals surface area contributed by atoms with Crippen LogP contribution in [0.25, 0.3) is 0 Å². The number of aromatic nitrogens is 1. The molecule has 3 aliphatic rings. The van der Waals surface area contributed by atoms with E-state index in [1.165, 1.54) is 13.1 Å². The number of nitrogens with one attached hydrogen (secondary N) is 2. The van der Waals surface area contributed by atoms with E-state index >= 15 is 0 Å². The maximum atomic E-state index is 13.3. The van der Waals surface area contributed by atoms with Crippen LogP contribution in [0.4, 0.5) is 19.4 Å². The van der Waals surface area contributed by atoms with Crippen molar-refractivity contribution < 1.29 is 27.9 Å². The van der Waals surface area contributed by atoms with Crippen molar-refractivity contribution in [2.75, 3.05) is 11.9 Å². The molecule has 0 radical (unpaired) electrons. The molecule has 32 heavy (non-hydrogen) atoms. The van der Waals surface area contributed by atoms with Gasteiger partial charge in [-0.1, -0.05) is 0 Å². The van der Waals surface area contributed by atoms with Crippen LogP contribution in [-0.4, -0.2) is 46.0 Å². The van der Waals surface area contributed by atoms with Crippen LogP contribution in [0.3, 0.4) is 0 Å². The van der Waals surface area contributed by atoms with Gasteiger partial charge in [-0.05, 0) is 19.4 Å². The number of halogens is 2. The van der Waals surface area contributed by atoms with Gasteiger partial charge in [0.2, 0.25) is 17.7 Å². The van der Waals surface area contributed by atoms with E-state index in [1.54, 1.807) is 19.1 Å². The Bertz CT molecular complexity index is 1040. The van der Waals surface area contributed by atoms with Crippen LogP contribution in [0, 0.1) is 5.41 Å². The van der Waals surface area contributed by atoms with Gasteiger partial charge in [-0.25, -0.2) is 23.6 Å². The molecule has 1 aliphatic carbocycles. The topological polar surface area (TPSA) is 113 Å². The molecular formula is C21H23F2N5O4. The van der Waals surface area contributed by atoms with E-state index < -0.39 is 36.1 Å². The third-order valence-corrected chi connectivity index (χ3v) is 5.77. The number of likely N-dealkylation sites (tertiary alicyclic amines) is 1. The fourth-order valence-electron chi connectivity index (χ4n) is 4.29. The number of ether oxygens (including phenoxy) is 1. The summed E-state index contributed by atoms with van der Waals surface area (Å²) in [5, 5.41) is 5.20. The summed E-state index contributed by atoms with van der Waals surface area (Å²) >= 11 is 0. The Morgan fingerprint density at radius 1 is 1.22 bits per heavy atom. The first kappa shape index (κ1) is 21.8. The number of carbonyl (C=O) groups excluding carboxylic acids is 3. The Morgan fingerprint density at radius 2 is 1.97 bits per heavy atom. The van der Waals surface area contributed by atoms with Crippen LogP contribution in [0.5, 0.6) is 5.75 Å². The predicted molar refractivity (Wildman–Crippen MR) is 110 cm³/mol. The normalized spacial score (nSPS) is 21.2. The van der Waals surface area contributed by atoms with Crippen LogP contribution >= 0.6 is 0 Å². The fraction of sp³-hybridized carbons (Fsp3) is 0.476. The Morgan fingerprint density at radius 3 is 2.62 bits per heavy atom. The van der Waals surface area contributed by atoms with Crippen molar-refractivity contribution in [3.05, 3.63) is 29.8 Å². The molecule has 3 heterocycles. The number of amides is 4. The quantitative estimate of drug-likeness (QED) is 0.739. The van der Waals surface area contributed by atoms with Gasteiger partial charge in [0.25, 0.3) is 0 Å². The number of allylic oxidation sites excluding steroid dienone is 2. The zero-order valence-corrected chi connectivity index (χ0v) is 17.7. The monoisotopic (exact) mass is 447 g/mol. The van der Waals surface area contributed by atoms with E-state index in [9.17, 15) is 23.2 Å². The molecule has 4 rings (SSSR count). The Hall–Kier alpha value is -3.37. The molecular weight excluding hydrogens is 424 g/mol. The van der Waals surface area contributed by atoms with Crippen molar-refractivity contribution in [2.24, 2.45) is 10.4 Å². The lowest BCUT2D eigenvalue weighted by Crippen LogP contribution is -2.53. The summed E-state index contributed by atoms with van der Waals surface area (Å²) < 4.78 is 32.4. The van der Waals surface area contributed by atoms with Gasteiger partial charge in [0.05, 0.1) is 11.1 Å². The Kier molecular flexibility index (Phi) is 5.43. The van der Waals surface area contributed by atoms with Gasteiger partial charge in [-0.3, -0.25) is 19.8 Å². The van der Waals surface area contributed by atoms with E-state index in [0.29, 0.717) is 41.7 Å². The number of amidine groups is 1. The summed E-state index contributed by atoms with van der Waals surface area (Å²) in [6.07, 6.45) is 1.59. The predicted octanol–water partition coefficient (Wildman–Crippen LogP) is 3.20. The smallest absolute Gasteiger partial charge is 0.329 e. The van der Waals surface area contributed by atoms with Crippen molar-refractivity contribution in [3.63, 3.8) is 0 Å². The maximum Gasteiger partial charge on any atom is 0.329 e. The third kappa shape index (κ3) is 4.32. The summed E-state index contributed by atoms with van der Waals surface area (Å²) in [6, 6.07) is 2.58. The van der Waals surface area contributed by atoms with Crippen molar-refractivity contribution in [1.82, 2.24) is 15.2 Å². The van der Waals surface area contributed by atoms with Crippen LogP contribution < -0.4 is 15.4 Å². The van der Waals surface area contributed by atoms with E-state index in [1.807, 2.05) is 0 Å². The third-order valence-electron chi connectivity index (χ3n) is 5.77. The second-order valence-corrected chi connectivity index (χ2v) is 8.35. The van der Waals surface area contributed by atoms with E-state index in [2.05, 4.69) is 20.6 Å². The molecule has 170 valence electrons. The fourth-order valence-corrected chi connectivity index (χ4v) is 4.29. The van der Waals surface area contributed by atoms with Gasteiger partial charge in [-0.15, -0.1) is 0 Å². The Labute approximate surface area is 182 Å². The molecule has 0 atom stereocenters. The van der Waals surface area contributed by atoms with Crippen molar-refractivity contribution in [1.29, 1.82) is 0 Å². The van der Waals surface area contributed by atoms with Gasteiger partial charge in [-0.2, -0.15) is 0 Å². The van der Waals surface area contributed by atoms with Gasteiger partial charge in [0.15, 0.2) is 0 Å². The first-order chi connectivity index (χ1) is 15.1. The van der Waals surface area contributed by atoms with Crippen molar-refractivity contribution in [3.8, 4) is 5.75 Å². The number of alkyl halides is 2. The molecule has 1 saturated carbocycles. The summed E-state index contributed by atoms with van der Waals surface area (Å²) in [7, 11) is 0. The number of rotatable bonds is 3. The summed E-state index contributed by atoms with van der Waals surface area (Å²) in [4.78, 5) is 45.7. The number of carbonyl (C=O) groups is 3. The number of urea groups is 1. The summed E-state index contributed by atoms with van der Waals surface area (Å²) in [5.74, 6) is -1.81. The summed E-state index contributed by atoms with van der Waals surface area (Å²) in [5.41, 5.74) is -0.556. The molecule has 4 amide bonds. The Balaban J connectivity index is 1.38. The highest BCUT2D eigenvalue weighted by Crippen LogP contribution is 2.57. The molecule has 0 unspecified atom stereocenters. The second-order valence-electron chi connectivity index (χ2n) is 8.35. The van der Waals surface area contributed by atoms with Crippen molar-refractivity contribution in [2.45, 2.75) is 51.9 Å². The van der Waals surface area contributed by atoms with E-state index in [0.717, 1.165) is 4.90 Å². The molecule has 1 aromatic heterocycles. The number of hydrogen-bond acceptors (Lipinski definition) is 6. The first-order valence-electron chi connectivity index (χ1n) is 10.3. The zero-order chi connectivity index (χ0) is 23.1. The molecule has 0 bridgehead atoms. The molecule has 9 nitrogen and oxygen atoms in total.